The van der Waals surface area contributed by atoms with Crippen molar-refractivity contribution in [2.75, 3.05) is 11.6 Å². The first kappa shape index (κ1) is 15.8. The molecule has 0 bridgehead atoms. The number of nitrogens with zero attached hydrogens (tertiary/aromatic N) is 2. The van der Waals surface area contributed by atoms with Crippen LogP contribution in [-0.2, 0) is 9.84 Å². The second-order valence-corrected chi connectivity index (χ2v) is 6.37. The van der Waals surface area contributed by atoms with E-state index in [0.717, 1.165) is 19.1 Å². The minimum Gasteiger partial charge on any atom is -0.367 e. The molecule has 8 heteroatoms. The third-order valence-electron chi connectivity index (χ3n) is 2.65. The molecule has 0 saturated heterocycles. The molecule has 1 N–H and O–H groups in total. The molecule has 1 heterocycles. The molecule has 0 unspecified atom stereocenters. The van der Waals surface area contributed by atoms with Gasteiger partial charge in [0.25, 0.3) is 0 Å². The molecule has 0 spiro atoms. The van der Waals surface area contributed by atoms with Gasteiger partial charge in [0.05, 0.1) is 5.56 Å². The normalized spacial score (nSPS) is 11.6. The van der Waals surface area contributed by atoms with E-state index >= 15 is 0 Å². The SMILES string of the molecule is CCC(CC)Nc1nc(S(C)(=O)=O)nc(Cl)c1C=O. The average Bonchev–Trinajstić information content (AvgIpc) is 2.34. The maximum Gasteiger partial charge on any atom is 0.250 e. The molecule has 0 aliphatic carbocycles. The zero-order valence-corrected chi connectivity index (χ0v) is 12.5. The molecule has 1 aromatic rings. The van der Waals surface area contributed by atoms with Gasteiger partial charge in [0.1, 0.15) is 11.0 Å². The number of sulfone groups is 1. The van der Waals surface area contributed by atoms with Crippen LogP contribution in [0.2, 0.25) is 5.15 Å². The quantitative estimate of drug-likeness (QED) is 0.491. The Balaban J connectivity index is 3.34. The first-order valence-corrected chi connectivity index (χ1v) is 8.09. The lowest BCUT2D eigenvalue weighted by atomic mass is 10.1. The van der Waals surface area contributed by atoms with E-state index in [1.165, 1.54) is 0 Å². The fourth-order valence-electron chi connectivity index (χ4n) is 1.49. The minimum atomic E-state index is -3.58. The highest BCUT2D eigenvalue weighted by molar-refractivity contribution is 7.90. The summed E-state index contributed by atoms with van der Waals surface area (Å²) in [4.78, 5) is 18.5. The first-order chi connectivity index (χ1) is 8.83. The molecule has 0 fully saturated rings. The fourth-order valence-corrected chi connectivity index (χ4v) is 2.27. The summed E-state index contributed by atoms with van der Waals surface area (Å²) in [7, 11) is -3.58. The Morgan fingerprint density at radius 3 is 2.32 bits per heavy atom. The van der Waals surface area contributed by atoms with Crippen molar-refractivity contribution in [3.05, 3.63) is 10.7 Å². The van der Waals surface area contributed by atoms with Crippen LogP contribution in [0.5, 0.6) is 0 Å². The zero-order chi connectivity index (χ0) is 14.6. The first-order valence-electron chi connectivity index (χ1n) is 5.82. The monoisotopic (exact) mass is 305 g/mol. The summed E-state index contributed by atoms with van der Waals surface area (Å²) in [6, 6.07) is 0.0806. The van der Waals surface area contributed by atoms with Crippen LogP contribution in [0.25, 0.3) is 0 Å². The van der Waals surface area contributed by atoms with Gasteiger partial charge in [-0.1, -0.05) is 25.4 Å². The number of rotatable bonds is 6. The van der Waals surface area contributed by atoms with E-state index in [9.17, 15) is 13.2 Å². The molecular weight excluding hydrogens is 290 g/mol. The number of halogens is 1. The highest BCUT2D eigenvalue weighted by Crippen LogP contribution is 2.22. The number of aldehydes is 1. The van der Waals surface area contributed by atoms with E-state index in [2.05, 4.69) is 15.3 Å². The Hall–Kier alpha value is -1.21. The van der Waals surface area contributed by atoms with Crippen molar-refractivity contribution >= 4 is 33.5 Å². The summed E-state index contributed by atoms with van der Waals surface area (Å²) in [5, 5.41) is 2.46. The zero-order valence-electron chi connectivity index (χ0n) is 11.0. The lowest BCUT2D eigenvalue weighted by molar-refractivity contribution is 0.112. The van der Waals surface area contributed by atoms with Gasteiger partial charge in [-0.25, -0.2) is 18.4 Å². The molecule has 19 heavy (non-hydrogen) atoms. The summed E-state index contributed by atoms with van der Waals surface area (Å²) in [6.07, 6.45) is 3.12. The van der Waals surface area contributed by atoms with Crippen LogP contribution in [-0.4, -0.2) is 37.0 Å². The van der Waals surface area contributed by atoms with E-state index < -0.39 is 15.0 Å². The molecule has 1 rings (SSSR count). The van der Waals surface area contributed by atoms with E-state index in [1.54, 1.807) is 0 Å². The summed E-state index contributed by atoms with van der Waals surface area (Å²) in [5.41, 5.74) is 0.0703. The average molecular weight is 306 g/mol. The highest BCUT2D eigenvalue weighted by atomic mass is 35.5. The Morgan fingerprint density at radius 1 is 1.32 bits per heavy atom. The predicted octanol–water partition coefficient (Wildman–Crippen LogP) is 1.95. The van der Waals surface area contributed by atoms with E-state index in [0.29, 0.717) is 6.29 Å². The number of hydrogen-bond acceptors (Lipinski definition) is 6. The standard InChI is InChI=1S/C11H16ClN3O3S/c1-4-7(5-2)13-10-8(6-16)9(12)14-11(15-10)19(3,17)18/h6-7H,4-5H2,1-3H3,(H,13,14,15). The summed E-state index contributed by atoms with van der Waals surface area (Å²) in [6.45, 7) is 3.95. The van der Waals surface area contributed by atoms with E-state index in [4.69, 9.17) is 11.6 Å². The van der Waals surface area contributed by atoms with Crippen molar-refractivity contribution in [2.24, 2.45) is 0 Å². The minimum absolute atomic E-state index is 0.0703. The highest BCUT2D eigenvalue weighted by Gasteiger charge is 2.19. The molecule has 6 nitrogen and oxygen atoms in total. The number of nitrogens with one attached hydrogen (secondary N) is 1. The largest absolute Gasteiger partial charge is 0.367 e. The molecule has 0 aliphatic rings. The number of carbonyl (C=O) groups is 1. The second kappa shape index (κ2) is 6.29. The third-order valence-corrected chi connectivity index (χ3v) is 3.79. The predicted molar refractivity (Wildman–Crippen MR) is 73.5 cm³/mol. The van der Waals surface area contributed by atoms with Crippen molar-refractivity contribution in [3.8, 4) is 0 Å². The maximum absolute atomic E-state index is 11.5. The molecule has 0 saturated carbocycles. The van der Waals surface area contributed by atoms with Crippen LogP contribution >= 0.6 is 11.6 Å². The second-order valence-electron chi connectivity index (χ2n) is 4.11. The van der Waals surface area contributed by atoms with E-state index in [-0.39, 0.29) is 22.6 Å². The van der Waals surface area contributed by atoms with Crippen LogP contribution in [0.15, 0.2) is 5.16 Å². The van der Waals surface area contributed by atoms with Gasteiger partial charge in [-0.05, 0) is 12.8 Å². The Bertz CT molecular complexity index is 571. The molecule has 0 atom stereocenters. The number of hydrogen-bond donors (Lipinski definition) is 1. The van der Waals surface area contributed by atoms with Crippen LogP contribution in [0.1, 0.15) is 37.0 Å². The van der Waals surface area contributed by atoms with Gasteiger partial charge in [-0.15, -0.1) is 0 Å². The van der Waals surface area contributed by atoms with Crippen LogP contribution in [0.3, 0.4) is 0 Å². The van der Waals surface area contributed by atoms with Crippen molar-refractivity contribution in [3.63, 3.8) is 0 Å². The Morgan fingerprint density at radius 2 is 1.89 bits per heavy atom. The number of anilines is 1. The number of carbonyl (C=O) groups excluding carboxylic acids is 1. The van der Waals surface area contributed by atoms with Crippen molar-refractivity contribution in [2.45, 2.75) is 37.9 Å². The lowest BCUT2D eigenvalue weighted by Gasteiger charge is -2.17. The van der Waals surface area contributed by atoms with Crippen LogP contribution in [0, 0.1) is 0 Å². The van der Waals surface area contributed by atoms with Gasteiger partial charge in [0.15, 0.2) is 6.29 Å². The molecule has 0 amide bonds. The molecule has 0 aliphatic heterocycles. The van der Waals surface area contributed by atoms with Crippen LogP contribution < -0.4 is 5.32 Å². The molecule has 0 aromatic carbocycles. The van der Waals surface area contributed by atoms with Crippen molar-refractivity contribution in [1.82, 2.24) is 9.97 Å². The van der Waals surface area contributed by atoms with Gasteiger partial charge >= 0.3 is 0 Å². The van der Waals surface area contributed by atoms with Gasteiger partial charge < -0.3 is 5.32 Å². The third kappa shape index (κ3) is 3.87. The topological polar surface area (TPSA) is 89.0 Å². The molecule has 106 valence electrons. The maximum atomic E-state index is 11.5. The Kier molecular flexibility index (Phi) is 5.25. The van der Waals surface area contributed by atoms with Gasteiger partial charge in [-0.3, -0.25) is 4.79 Å². The van der Waals surface area contributed by atoms with E-state index in [1.807, 2.05) is 13.8 Å². The lowest BCUT2D eigenvalue weighted by Crippen LogP contribution is -2.20. The molecular formula is C11H16ClN3O3S. The summed E-state index contributed by atoms with van der Waals surface area (Å²) in [5.74, 6) is 0.157. The smallest absolute Gasteiger partial charge is 0.250 e. The van der Waals surface area contributed by atoms with Gasteiger partial charge in [-0.2, -0.15) is 0 Å². The van der Waals surface area contributed by atoms with Gasteiger partial charge in [0.2, 0.25) is 15.0 Å². The van der Waals surface area contributed by atoms with Crippen LogP contribution in [0.4, 0.5) is 5.82 Å². The number of aromatic nitrogens is 2. The fraction of sp³-hybridized carbons (Fsp3) is 0.545. The molecule has 1 aromatic heterocycles. The Labute approximate surface area is 117 Å². The van der Waals surface area contributed by atoms with Gasteiger partial charge in [0, 0.05) is 12.3 Å². The van der Waals surface area contributed by atoms with Crippen molar-refractivity contribution in [1.29, 1.82) is 0 Å². The molecule has 0 radical (unpaired) electrons. The summed E-state index contributed by atoms with van der Waals surface area (Å²) >= 11 is 5.82. The summed E-state index contributed by atoms with van der Waals surface area (Å²) < 4.78 is 22.9. The van der Waals surface area contributed by atoms with Crippen molar-refractivity contribution < 1.29 is 13.2 Å².